The van der Waals surface area contributed by atoms with Gasteiger partial charge >= 0.3 is 0 Å². The number of rotatable bonds is 7. The Morgan fingerprint density at radius 2 is 1.09 bits per heavy atom. The molecule has 0 aliphatic rings. The van der Waals surface area contributed by atoms with E-state index in [1.807, 2.05) is 36.4 Å². The van der Waals surface area contributed by atoms with Gasteiger partial charge in [-0.05, 0) is 77.2 Å². The van der Waals surface area contributed by atoms with Crippen LogP contribution in [0.25, 0.3) is 83.1 Å². The molecule has 0 aliphatic carbocycles. The molecule has 9 aromatic carbocycles. The summed E-state index contributed by atoms with van der Waals surface area (Å²) in [5.74, 6) is 0.605. The molecule has 11 rings (SSSR count). The minimum Gasteiger partial charge on any atom is -0.435 e. The number of oxazole rings is 1. The highest BCUT2D eigenvalue weighted by Crippen LogP contribution is 2.50. The molecule has 2 heterocycles. The summed E-state index contributed by atoms with van der Waals surface area (Å²) >= 11 is 0. The zero-order valence-electron chi connectivity index (χ0n) is 31.0. The molecule has 268 valence electrons. The Balaban J connectivity index is 1.25. The Morgan fingerprint density at radius 3 is 1.91 bits per heavy atom. The van der Waals surface area contributed by atoms with Crippen molar-refractivity contribution in [2.24, 2.45) is 0 Å². The summed E-state index contributed by atoms with van der Waals surface area (Å²) in [5, 5.41) is 4.72. The van der Waals surface area contributed by atoms with Crippen LogP contribution in [0.3, 0.4) is 0 Å². The Labute approximate surface area is 330 Å². The van der Waals surface area contributed by atoms with Gasteiger partial charge in [0, 0.05) is 44.2 Å². The largest absolute Gasteiger partial charge is 0.435 e. The van der Waals surface area contributed by atoms with Gasteiger partial charge in [0.05, 0.1) is 22.4 Å². The minimum absolute atomic E-state index is 0.605. The number of hydrogen-bond donors (Lipinski definition) is 0. The second-order valence-electron chi connectivity index (χ2n) is 14.3. The molecule has 0 spiro atoms. The third-order valence-corrected chi connectivity index (χ3v) is 11.0. The molecule has 0 radical (unpaired) electrons. The topological polar surface area (TPSA) is 34.2 Å². The fourth-order valence-electron chi connectivity index (χ4n) is 8.46. The van der Waals surface area contributed by atoms with Gasteiger partial charge in [-0.15, -0.1) is 0 Å². The van der Waals surface area contributed by atoms with Crippen molar-refractivity contribution < 1.29 is 4.42 Å². The van der Waals surface area contributed by atoms with Crippen LogP contribution in [0.15, 0.2) is 217 Å². The van der Waals surface area contributed by atoms with Gasteiger partial charge in [-0.25, -0.2) is 4.98 Å². The van der Waals surface area contributed by atoms with Crippen LogP contribution in [0.4, 0.5) is 17.1 Å². The van der Waals surface area contributed by atoms with Crippen molar-refractivity contribution in [2.45, 2.75) is 0 Å². The van der Waals surface area contributed by atoms with E-state index in [0.29, 0.717) is 5.89 Å². The van der Waals surface area contributed by atoms with Crippen LogP contribution in [-0.4, -0.2) is 9.55 Å². The molecule has 0 atom stereocenters. The quantitative estimate of drug-likeness (QED) is 0.164. The summed E-state index contributed by atoms with van der Waals surface area (Å²) in [5.41, 5.74) is 13.4. The normalized spacial score (nSPS) is 11.5. The first kappa shape index (κ1) is 32.7. The van der Waals surface area contributed by atoms with Gasteiger partial charge < -0.3 is 13.9 Å². The van der Waals surface area contributed by atoms with Crippen LogP contribution in [0, 0.1) is 0 Å². The van der Waals surface area contributed by atoms with Crippen LogP contribution >= 0.6 is 0 Å². The molecule has 11 aromatic rings. The molecule has 0 amide bonds. The summed E-state index contributed by atoms with van der Waals surface area (Å²) in [6, 6.07) is 75.2. The van der Waals surface area contributed by atoms with Crippen molar-refractivity contribution >= 4 is 60.7 Å². The van der Waals surface area contributed by atoms with Crippen molar-refractivity contribution in [1.29, 1.82) is 0 Å². The highest BCUT2D eigenvalue weighted by atomic mass is 16.3. The van der Waals surface area contributed by atoms with Gasteiger partial charge in [-0.2, -0.15) is 0 Å². The highest BCUT2D eigenvalue weighted by molar-refractivity contribution is 6.25. The first-order chi connectivity index (χ1) is 28.3. The van der Waals surface area contributed by atoms with Crippen molar-refractivity contribution in [3.8, 4) is 39.4 Å². The van der Waals surface area contributed by atoms with E-state index in [4.69, 9.17) is 9.40 Å². The lowest BCUT2D eigenvalue weighted by molar-refractivity contribution is 0.621. The lowest BCUT2D eigenvalue weighted by Gasteiger charge is -2.29. The molecular formula is C53H35N3O. The summed E-state index contributed by atoms with van der Waals surface area (Å²) in [4.78, 5) is 7.41. The van der Waals surface area contributed by atoms with E-state index in [1.165, 1.54) is 21.7 Å². The van der Waals surface area contributed by atoms with E-state index in [2.05, 4.69) is 185 Å². The summed E-state index contributed by atoms with van der Waals surface area (Å²) in [6.45, 7) is 0. The SMILES string of the molecule is c1ccc(-c2cccc(N(c3ccccc3-c3cccc4nc(-c5ccccc5)oc34)c3cc4ccccc4c4c3c3ccccc3n4-c3ccccc3)c2)cc1. The fourth-order valence-corrected chi connectivity index (χ4v) is 8.46. The minimum atomic E-state index is 0.605. The number of aromatic nitrogens is 2. The molecule has 2 aromatic heterocycles. The average Bonchev–Trinajstić information content (AvgIpc) is 3.89. The molecule has 0 unspecified atom stereocenters. The predicted octanol–water partition coefficient (Wildman–Crippen LogP) is 14.5. The average molecular weight is 730 g/mol. The number of fused-ring (bicyclic) bond motifs is 6. The highest BCUT2D eigenvalue weighted by Gasteiger charge is 2.26. The van der Waals surface area contributed by atoms with E-state index in [-0.39, 0.29) is 0 Å². The van der Waals surface area contributed by atoms with Crippen molar-refractivity contribution in [3.63, 3.8) is 0 Å². The van der Waals surface area contributed by atoms with Crippen LogP contribution in [0.1, 0.15) is 0 Å². The van der Waals surface area contributed by atoms with Gasteiger partial charge in [0.2, 0.25) is 5.89 Å². The Hall–Kier alpha value is -7.69. The fraction of sp³-hybridized carbons (Fsp3) is 0. The molecule has 4 nitrogen and oxygen atoms in total. The molecular weight excluding hydrogens is 695 g/mol. The maximum atomic E-state index is 6.67. The summed E-state index contributed by atoms with van der Waals surface area (Å²) in [7, 11) is 0. The summed E-state index contributed by atoms with van der Waals surface area (Å²) in [6.07, 6.45) is 0. The van der Waals surface area contributed by atoms with E-state index in [9.17, 15) is 0 Å². The predicted molar refractivity (Wildman–Crippen MR) is 237 cm³/mol. The Morgan fingerprint density at radius 1 is 0.456 bits per heavy atom. The first-order valence-electron chi connectivity index (χ1n) is 19.3. The maximum Gasteiger partial charge on any atom is 0.227 e. The maximum absolute atomic E-state index is 6.67. The Bertz CT molecular complexity index is 3240. The zero-order chi connectivity index (χ0) is 37.7. The van der Waals surface area contributed by atoms with Crippen molar-refractivity contribution in [2.75, 3.05) is 4.90 Å². The Kier molecular flexibility index (Phi) is 7.78. The van der Waals surface area contributed by atoms with Gasteiger partial charge in [-0.3, -0.25) is 0 Å². The monoisotopic (exact) mass is 729 g/mol. The second-order valence-corrected chi connectivity index (χ2v) is 14.3. The molecule has 0 bridgehead atoms. The number of hydrogen-bond acceptors (Lipinski definition) is 3. The number of benzene rings is 9. The number of para-hydroxylation sites is 4. The molecule has 0 saturated heterocycles. The second kappa shape index (κ2) is 13.6. The van der Waals surface area contributed by atoms with Gasteiger partial charge in [0.1, 0.15) is 5.52 Å². The molecule has 0 fully saturated rings. The van der Waals surface area contributed by atoms with Crippen molar-refractivity contribution in [3.05, 3.63) is 212 Å². The van der Waals surface area contributed by atoms with E-state index < -0.39 is 0 Å². The van der Waals surface area contributed by atoms with E-state index in [0.717, 1.165) is 72.6 Å². The number of anilines is 3. The van der Waals surface area contributed by atoms with Gasteiger partial charge in [0.15, 0.2) is 5.58 Å². The third kappa shape index (κ3) is 5.50. The van der Waals surface area contributed by atoms with Crippen LogP contribution < -0.4 is 4.90 Å². The van der Waals surface area contributed by atoms with Gasteiger partial charge in [0.25, 0.3) is 0 Å². The van der Waals surface area contributed by atoms with Gasteiger partial charge in [-0.1, -0.05) is 152 Å². The van der Waals surface area contributed by atoms with Crippen molar-refractivity contribution in [1.82, 2.24) is 9.55 Å². The smallest absolute Gasteiger partial charge is 0.227 e. The molecule has 4 heteroatoms. The first-order valence-corrected chi connectivity index (χ1v) is 19.3. The molecule has 57 heavy (non-hydrogen) atoms. The standard InChI is InChI=1S/C53H35N3O/c1-4-18-36(19-5-1)38-23-16-26-41(34-38)55(47-32-14-12-28-43(47)44-30-17-31-46-52(44)57-53(54-46)37-20-6-2-7-21-37)49-35-39-22-10-11-27-42(39)51-50(49)45-29-13-15-33-48(45)56(51)40-24-8-3-9-25-40/h1-35H. The van der Waals surface area contributed by atoms with Crippen LogP contribution in [0.2, 0.25) is 0 Å². The number of nitrogens with zero attached hydrogens (tertiary/aromatic N) is 3. The van der Waals surface area contributed by atoms with E-state index >= 15 is 0 Å². The van der Waals surface area contributed by atoms with Crippen LogP contribution in [0.5, 0.6) is 0 Å². The molecule has 0 saturated carbocycles. The van der Waals surface area contributed by atoms with E-state index in [1.54, 1.807) is 0 Å². The third-order valence-electron chi connectivity index (χ3n) is 11.0. The lowest BCUT2D eigenvalue weighted by Crippen LogP contribution is -2.12. The van der Waals surface area contributed by atoms with Crippen LogP contribution in [-0.2, 0) is 0 Å². The molecule has 0 N–H and O–H groups in total. The lowest BCUT2D eigenvalue weighted by atomic mass is 9.98. The molecule has 0 aliphatic heterocycles. The summed E-state index contributed by atoms with van der Waals surface area (Å²) < 4.78 is 9.10. The zero-order valence-corrected chi connectivity index (χ0v) is 31.0.